The van der Waals surface area contributed by atoms with Gasteiger partial charge in [0.05, 0.1) is 4.90 Å². The zero-order valence-electron chi connectivity index (χ0n) is 10.4. The molecule has 1 aromatic carbocycles. The van der Waals surface area contributed by atoms with Crippen molar-refractivity contribution in [1.82, 2.24) is 4.72 Å². The van der Waals surface area contributed by atoms with Gasteiger partial charge in [-0.15, -0.1) is 11.6 Å². The quantitative estimate of drug-likeness (QED) is 0.820. The van der Waals surface area contributed by atoms with Crippen LogP contribution in [-0.2, 0) is 10.0 Å². The number of sulfonamides is 1. The van der Waals surface area contributed by atoms with Crippen LogP contribution in [0.3, 0.4) is 0 Å². The Morgan fingerprint density at radius 1 is 1.44 bits per heavy atom. The van der Waals surface area contributed by atoms with Crippen molar-refractivity contribution in [2.75, 3.05) is 12.4 Å². The van der Waals surface area contributed by atoms with E-state index < -0.39 is 15.8 Å². The van der Waals surface area contributed by atoms with Gasteiger partial charge in [0.25, 0.3) is 0 Å². The van der Waals surface area contributed by atoms with Gasteiger partial charge in [-0.1, -0.05) is 6.92 Å². The molecule has 0 amide bonds. The van der Waals surface area contributed by atoms with E-state index in [0.29, 0.717) is 18.0 Å². The van der Waals surface area contributed by atoms with Crippen LogP contribution >= 0.6 is 11.6 Å². The summed E-state index contributed by atoms with van der Waals surface area (Å²) in [7, 11) is -3.58. The van der Waals surface area contributed by atoms with Crippen LogP contribution in [0.4, 0.5) is 4.39 Å². The van der Waals surface area contributed by atoms with Crippen LogP contribution in [0.15, 0.2) is 23.1 Å². The molecular formula is C12H17ClFNO2S. The summed E-state index contributed by atoms with van der Waals surface area (Å²) < 4.78 is 39.4. The molecule has 1 rings (SSSR count). The molecule has 1 unspecified atom stereocenters. The Bertz CT molecular complexity index is 505. The average Bonchev–Trinajstić information content (AvgIpc) is 2.26. The van der Waals surface area contributed by atoms with E-state index in [2.05, 4.69) is 4.72 Å². The smallest absolute Gasteiger partial charge is 0.211 e. The number of halogens is 2. The van der Waals surface area contributed by atoms with Crippen molar-refractivity contribution in [3.05, 3.63) is 29.6 Å². The lowest BCUT2D eigenvalue weighted by Gasteiger charge is -2.13. The van der Waals surface area contributed by atoms with Gasteiger partial charge in [-0.2, -0.15) is 0 Å². The maximum Gasteiger partial charge on any atom is 0.240 e. The molecule has 0 aliphatic rings. The Morgan fingerprint density at radius 3 is 2.67 bits per heavy atom. The first-order valence-corrected chi connectivity index (χ1v) is 7.70. The number of aryl methyl sites for hydroxylation is 1. The topological polar surface area (TPSA) is 46.2 Å². The van der Waals surface area contributed by atoms with Crippen molar-refractivity contribution in [1.29, 1.82) is 0 Å². The van der Waals surface area contributed by atoms with Crippen LogP contribution in [-0.4, -0.2) is 20.8 Å². The second kappa shape index (κ2) is 6.50. The average molecular weight is 294 g/mol. The summed E-state index contributed by atoms with van der Waals surface area (Å²) in [5, 5.41) is 0. The molecule has 0 saturated carbocycles. The molecular weight excluding hydrogens is 277 g/mol. The largest absolute Gasteiger partial charge is 0.240 e. The standard InChI is InChI=1S/C12H17ClFNO2S/c1-9(5-6-13)8-15-18(16,17)12-4-3-11(14)7-10(12)2/h3-4,7,9,15H,5-6,8H2,1-2H3. The highest BCUT2D eigenvalue weighted by Crippen LogP contribution is 2.16. The Labute approximate surface area is 112 Å². The lowest BCUT2D eigenvalue weighted by Crippen LogP contribution is -2.29. The van der Waals surface area contributed by atoms with Gasteiger partial charge >= 0.3 is 0 Å². The van der Waals surface area contributed by atoms with Gasteiger partial charge in [0.1, 0.15) is 5.82 Å². The van der Waals surface area contributed by atoms with Crippen molar-refractivity contribution in [2.24, 2.45) is 5.92 Å². The Kier molecular flexibility index (Phi) is 5.56. The molecule has 0 fully saturated rings. The molecule has 0 aromatic heterocycles. The molecule has 0 saturated heterocycles. The van der Waals surface area contributed by atoms with Gasteiger partial charge in [0, 0.05) is 12.4 Å². The van der Waals surface area contributed by atoms with Crippen molar-refractivity contribution in [3.8, 4) is 0 Å². The van der Waals surface area contributed by atoms with Gasteiger partial charge in [-0.3, -0.25) is 0 Å². The number of hydrogen-bond donors (Lipinski definition) is 1. The van der Waals surface area contributed by atoms with Crippen LogP contribution < -0.4 is 4.72 Å². The molecule has 1 N–H and O–H groups in total. The highest BCUT2D eigenvalue weighted by molar-refractivity contribution is 7.89. The van der Waals surface area contributed by atoms with E-state index in [1.54, 1.807) is 6.92 Å². The Morgan fingerprint density at radius 2 is 2.11 bits per heavy atom. The maximum atomic E-state index is 12.9. The third kappa shape index (κ3) is 4.23. The van der Waals surface area contributed by atoms with E-state index in [-0.39, 0.29) is 10.8 Å². The van der Waals surface area contributed by atoms with Crippen molar-refractivity contribution < 1.29 is 12.8 Å². The number of rotatable bonds is 6. The van der Waals surface area contributed by atoms with E-state index in [9.17, 15) is 12.8 Å². The fourth-order valence-corrected chi connectivity index (χ4v) is 3.29. The Hall–Kier alpha value is -0.650. The summed E-state index contributed by atoms with van der Waals surface area (Å²) in [6, 6.07) is 3.62. The summed E-state index contributed by atoms with van der Waals surface area (Å²) >= 11 is 5.59. The van der Waals surface area contributed by atoms with E-state index in [1.165, 1.54) is 12.1 Å². The Balaban J connectivity index is 2.80. The summed E-state index contributed by atoms with van der Waals surface area (Å²) in [6.07, 6.45) is 0.743. The van der Waals surface area contributed by atoms with Crippen LogP contribution in [0.2, 0.25) is 0 Å². The van der Waals surface area contributed by atoms with Crippen LogP contribution in [0, 0.1) is 18.7 Å². The second-order valence-electron chi connectivity index (χ2n) is 4.34. The van der Waals surface area contributed by atoms with Gasteiger partial charge < -0.3 is 0 Å². The molecule has 0 aliphatic carbocycles. The first kappa shape index (κ1) is 15.4. The molecule has 1 aromatic rings. The summed E-state index contributed by atoms with van der Waals surface area (Å²) in [4.78, 5) is 0.113. The van der Waals surface area contributed by atoms with Gasteiger partial charge in [-0.25, -0.2) is 17.5 Å². The number of nitrogens with one attached hydrogen (secondary N) is 1. The molecule has 6 heteroatoms. The minimum absolute atomic E-state index is 0.113. The van der Waals surface area contributed by atoms with E-state index >= 15 is 0 Å². The minimum atomic E-state index is -3.58. The van der Waals surface area contributed by atoms with E-state index in [1.807, 2.05) is 6.92 Å². The summed E-state index contributed by atoms with van der Waals surface area (Å²) in [6.45, 7) is 3.81. The molecule has 3 nitrogen and oxygen atoms in total. The number of alkyl halides is 1. The lowest BCUT2D eigenvalue weighted by atomic mass is 10.1. The van der Waals surface area contributed by atoms with Gasteiger partial charge in [0.2, 0.25) is 10.0 Å². The SMILES string of the molecule is Cc1cc(F)ccc1S(=O)(=O)NCC(C)CCCl. The molecule has 1 atom stereocenters. The fourth-order valence-electron chi connectivity index (χ4n) is 1.53. The third-order valence-corrected chi connectivity index (χ3v) is 4.45. The molecule has 18 heavy (non-hydrogen) atoms. The molecule has 0 aliphatic heterocycles. The fraction of sp³-hybridized carbons (Fsp3) is 0.500. The summed E-state index contributed by atoms with van der Waals surface area (Å²) in [5.74, 6) is 0.221. The van der Waals surface area contributed by atoms with Crippen LogP contribution in [0.1, 0.15) is 18.9 Å². The van der Waals surface area contributed by atoms with Gasteiger partial charge in [0.15, 0.2) is 0 Å². The molecule has 0 radical (unpaired) electrons. The lowest BCUT2D eigenvalue weighted by molar-refractivity contribution is 0.529. The van der Waals surface area contributed by atoms with Crippen molar-refractivity contribution >= 4 is 21.6 Å². The second-order valence-corrected chi connectivity index (χ2v) is 6.46. The molecule has 0 heterocycles. The van der Waals surface area contributed by atoms with Crippen LogP contribution in [0.5, 0.6) is 0 Å². The highest BCUT2D eigenvalue weighted by Gasteiger charge is 2.17. The van der Waals surface area contributed by atoms with Crippen LogP contribution in [0.25, 0.3) is 0 Å². The molecule has 0 spiro atoms. The first-order valence-electron chi connectivity index (χ1n) is 5.68. The molecule has 102 valence electrons. The summed E-state index contributed by atoms with van der Waals surface area (Å²) in [5.41, 5.74) is 0.396. The zero-order valence-corrected chi connectivity index (χ0v) is 12.0. The first-order chi connectivity index (χ1) is 8.36. The van der Waals surface area contributed by atoms with E-state index in [4.69, 9.17) is 11.6 Å². The van der Waals surface area contributed by atoms with E-state index in [0.717, 1.165) is 12.5 Å². The minimum Gasteiger partial charge on any atom is -0.211 e. The van der Waals surface area contributed by atoms with Crippen molar-refractivity contribution in [3.63, 3.8) is 0 Å². The predicted octanol–water partition coefficient (Wildman–Crippen LogP) is 2.68. The van der Waals surface area contributed by atoms with Gasteiger partial charge in [-0.05, 0) is 43.0 Å². The number of benzene rings is 1. The number of hydrogen-bond acceptors (Lipinski definition) is 2. The predicted molar refractivity (Wildman–Crippen MR) is 70.8 cm³/mol. The third-order valence-electron chi connectivity index (χ3n) is 2.65. The zero-order chi connectivity index (χ0) is 13.8. The monoisotopic (exact) mass is 293 g/mol. The van der Waals surface area contributed by atoms with Crippen molar-refractivity contribution in [2.45, 2.75) is 25.2 Å². The maximum absolute atomic E-state index is 12.9. The highest BCUT2D eigenvalue weighted by atomic mass is 35.5. The normalized spacial score (nSPS) is 13.6. The molecule has 0 bridgehead atoms.